The van der Waals surface area contributed by atoms with Crippen LogP contribution in [0.2, 0.25) is 0 Å². The van der Waals surface area contributed by atoms with Crippen LogP contribution >= 0.6 is 0 Å². The van der Waals surface area contributed by atoms with E-state index in [1.54, 1.807) is 48.1 Å². The number of carbonyl (C=O) groups is 1. The number of halogens is 1. The number of rotatable bonds is 7. The van der Waals surface area contributed by atoms with Gasteiger partial charge in [-0.25, -0.2) is 22.1 Å². The smallest absolute Gasteiger partial charge is 0.223 e. The third-order valence-corrected chi connectivity index (χ3v) is 7.82. The minimum atomic E-state index is -3.42. The van der Waals surface area contributed by atoms with Gasteiger partial charge in [0.15, 0.2) is 0 Å². The molecule has 0 aliphatic carbocycles. The molecule has 0 spiro atoms. The molecule has 2 aromatic carbocycles. The van der Waals surface area contributed by atoms with Crippen LogP contribution in [0.25, 0.3) is 5.69 Å². The highest BCUT2D eigenvalue weighted by Gasteiger charge is 2.31. The maximum Gasteiger partial charge on any atom is 0.223 e. The molecule has 0 atom stereocenters. The molecule has 2 heterocycles. The van der Waals surface area contributed by atoms with Gasteiger partial charge in [-0.2, -0.15) is 0 Å². The average Bonchev–Trinajstić information content (AvgIpc) is 3.23. The summed E-state index contributed by atoms with van der Waals surface area (Å²) in [5, 5.41) is 2.86. The van der Waals surface area contributed by atoms with Gasteiger partial charge < -0.3 is 9.88 Å². The second-order valence-electron chi connectivity index (χ2n) is 8.26. The fraction of sp³-hybridized carbons (Fsp3) is 0.333. The van der Waals surface area contributed by atoms with Crippen LogP contribution in [-0.4, -0.2) is 41.3 Å². The van der Waals surface area contributed by atoms with Gasteiger partial charge >= 0.3 is 0 Å². The normalized spacial score (nSPS) is 15.5. The standard InChI is InChI=1S/C24H27FN4O3S/c1-18-26-11-14-29(18)23-8-7-20(15-22(23)25)16-27-24(30)21-9-12-28(13-10-21)33(31,32)17-19-5-3-2-4-6-19/h2-8,11,14-15,21H,9-10,12-13,16-17H2,1H3,(H,27,30). The number of imidazole rings is 1. The van der Waals surface area contributed by atoms with E-state index < -0.39 is 10.0 Å². The molecule has 4 rings (SSSR count). The Bertz CT molecular complexity index is 1220. The summed E-state index contributed by atoms with van der Waals surface area (Å²) in [4.78, 5) is 16.7. The Morgan fingerprint density at radius 1 is 1.12 bits per heavy atom. The summed E-state index contributed by atoms with van der Waals surface area (Å²) in [5.41, 5.74) is 1.81. The molecule has 1 aromatic heterocycles. The van der Waals surface area contributed by atoms with Gasteiger partial charge in [0.25, 0.3) is 0 Å². The van der Waals surface area contributed by atoms with Gasteiger partial charge in [-0.1, -0.05) is 36.4 Å². The summed E-state index contributed by atoms with van der Waals surface area (Å²) in [7, 11) is -3.42. The second kappa shape index (κ2) is 9.84. The van der Waals surface area contributed by atoms with Crippen LogP contribution in [0.4, 0.5) is 4.39 Å². The number of hydrogen-bond acceptors (Lipinski definition) is 4. The molecule has 0 unspecified atom stereocenters. The summed E-state index contributed by atoms with van der Waals surface area (Å²) in [6.07, 6.45) is 4.24. The molecule has 9 heteroatoms. The van der Waals surface area contributed by atoms with E-state index in [1.165, 1.54) is 10.4 Å². The summed E-state index contributed by atoms with van der Waals surface area (Å²) in [5.74, 6) is -0.131. The van der Waals surface area contributed by atoms with Gasteiger partial charge in [0, 0.05) is 37.9 Å². The van der Waals surface area contributed by atoms with E-state index in [1.807, 2.05) is 18.2 Å². The number of aromatic nitrogens is 2. The molecule has 0 saturated carbocycles. The van der Waals surface area contributed by atoms with Gasteiger partial charge in [-0.15, -0.1) is 0 Å². The lowest BCUT2D eigenvalue weighted by atomic mass is 9.97. The van der Waals surface area contributed by atoms with Crippen molar-refractivity contribution in [1.29, 1.82) is 0 Å². The molecule has 1 aliphatic rings. The van der Waals surface area contributed by atoms with Crippen molar-refractivity contribution in [3.63, 3.8) is 0 Å². The van der Waals surface area contributed by atoms with Crippen LogP contribution in [0.5, 0.6) is 0 Å². The van der Waals surface area contributed by atoms with Gasteiger partial charge in [-0.3, -0.25) is 4.79 Å². The van der Waals surface area contributed by atoms with Crippen molar-refractivity contribution in [2.45, 2.75) is 32.1 Å². The van der Waals surface area contributed by atoms with Crippen LogP contribution in [0.3, 0.4) is 0 Å². The predicted molar refractivity (Wildman–Crippen MR) is 123 cm³/mol. The first kappa shape index (κ1) is 23.1. The Hall–Kier alpha value is -3.04. The summed E-state index contributed by atoms with van der Waals surface area (Å²) in [6, 6.07) is 13.9. The third-order valence-electron chi connectivity index (χ3n) is 5.97. The zero-order chi connectivity index (χ0) is 23.4. The molecule has 1 aliphatic heterocycles. The molecular weight excluding hydrogens is 443 g/mol. The van der Waals surface area contributed by atoms with E-state index in [4.69, 9.17) is 0 Å². The van der Waals surface area contributed by atoms with E-state index in [0.29, 0.717) is 43.0 Å². The Balaban J connectivity index is 1.29. The first-order valence-electron chi connectivity index (χ1n) is 10.9. The molecule has 33 heavy (non-hydrogen) atoms. The SMILES string of the molecule is Cc1nccn1-c1ccc(CNC(=O)C2CCN(S(=O)(=O)Cc3ccccc3)CC2)cc1F. The predicted octanol–water partition coefficient (Wildman–Crippen LogP) is 3.18. The van der Waals surface area contributed by atoms with Gasteiger partial charge in [0.05, 0.1) is 11.4 Å². The Morgan fingerprint density at radius 3 is 2.48 bits per heavy atom. The fourth-order valence-electron chi connectivity index (χ4n) is 4.09. The lowest BCUT2D eigenvalue weighted by Crippen LogP contribution is -2.43. The topological polar surface area (TPSA) is 84.3 Å². The molecule has 174 valence electrons. The van der Waals surface area contributed by atoms with Crippen molar-refractivity contribution in [1.82, 2.24) is 19.2 Å². The molecule has 1 N–H and O–H groups in total. The Labute approximate surface area is 193 Å². The molecule has 1 fully saturated rings. The molecule has 7 nitrogen and oxygen atoms in total. The van der Waals surface area contributed by atoms with Crippen molar-refractivity contribution in [3.8, 4) is 5.69 Å². The lowest BCUT2D eigenvalue weighted by molar-refractivity contribution is -0.126. The number of nitrogens with zero attached hydrogens (tertiary/aromatic N) is 3. The summed E-state index contributed by atoms with van der Waals surface area (Å²) >= 11 is 0. The highest BCUT2D eigenvalue weighted by atomic mass is 32.2. The largest absolute Gasteiger partial charge is 0.352 e. The number of piperidine rings is 1. The Kier molecular flexibility index (Phi) is 6.90. The van der Waals surface area contributed by atoms with E-state index in [9.17, 15) is 17.6 Å². The number of carbonyl (C=O) groups excluding carboxylic acids is 1. The third kappa shape index (κ3) is 5.48. The number of sulfonamides is 1. The minimum Gasteiger partial charge on any atom is -0.352 e. The van der Waals surface area contributed by atoms with Crippen LogP contribution < -0.4 is 5.32 Å². The lowest BCUT2D eigenvalue weighted by Gasteiger charge is -2.30. The number of aryl methyl sites for hydroxylation is 1. The van der Waals surface area contributed by atoms with Crippen LogP contribution in [0.1, 0.15) is 29.8 Å². The molecule has 1 amide bonds. The van der Waals surface area contributed by atoms with Crippen LogP contribution in [-0.2, 0) is 27.1 Å². The average molecular weight is 471 g/mol. The maximum absolute atomic E-state index is 14.6. The molecular formula is C24H27FN4O3S. The number of amides is 1. The van der Waals surface area contributed by atoms with E-state index in [0.717, 1.165) is 5.56 Å². The van der Waals surface area contributed by atoms with E-state index in [2.05, 4.69) is 10.3 Å². The van der Waals surface area contributed by atoms with Crippen molar-refractivity contribution >= 4 is 15.9 Å². The number of benzene rings is 2. The molecule has 0 bridgehead atoms. The second-order valence-corrected chi connectivity index (χ2v) is 10.2. The highest BCUT2D eigenvalue weighted by molar-refractivity contribution is 7.88. The Morgan fingerprint density at radius 2 is 1.85 bits per heavy atom. The summed E-state index contributed by atoms with van der Waals surface area (Å²) in [6.45, 7) is 2.65. The first-order chi connectivity index (χ1) is 15.8. The van der Waals surface area contributed by atoms with Gasteiger partial charge in [0.2, 0.25) is 15.9 Å². The number of hydrogen-bond donors (Lipinski definition) is 1. The van der Waals surface area contributed by atoms with Crippen LogP contribution in [0, 0.1) is 18.7 Å². The van der Waals surface area contributed by atoms with Crippen molar-refractivity contribution in [3.05, 3.63) is 83.7 Å². The molecule has 3 aromatic rings. The first-order valence-corrected chi connectivity index (χ1v) is 12.5. The molecule has 0 radical (unpaired) electrons. The van der Waals surface area contributed by atoms with Crippen molar-refractivity contribution < 1.29 is 17.6 Å². The van der Waals surface area contributed by atoms with E-state index in [-0.39, 0.29) is 29.9 Å². The maximum atomic E-state index is 14.6. The fourth-order valence-corrected chi connectivity index (χ4v) is 5.66. The number of nitrogens with one attached hydrogen (secondary N) is 1. The zero-order valence-corrected chi connectivity index (χ0v) is 19.3. The van der Waals surface area contributed by atoms with Gasteiger partial charge in [0.1, 0.15) is 11.6 Å². The monoisotopic (exact) mass is 470 g/mol. The summed E-state index contributed by atoms with van der Waals surface area (Å²) < 4.78 is 43.1. The molecule has 1 saturated heterocycles. The quantitative estimate of drug-likeness (QED) is 0.575. The van der Waals surface area contributed by atoms with Crippen LogP contribution in [0.15, 0.2) is 60.9 Å². The zero-order valence-electron chi connectivity index (χ0n) is 18.4. The van der Waals surface area contributed by atoms with Crippen molar-refractivity contribution in [2.24, 2.45) is 5.92 Å². The van der Waals surface area contributed by atoms with Gasteiger partial charge in [-0.05, 0) is 43.0 Å². The highest BCUT2D eigenvalue weighted by Crippen LogP contribution is 2.22. The minimum absolute atomic E-state index is 0.0368. The van der Waals surface area contributed by atoms with E-state index >= 15 is 0 Å². The van der Waals surface area contributed by atoms with Crippen molar-refractivity contribution in [2.75, 3.05) is 13.1 Å².